The fourth-order valence-corrected chi connectivity index (χ4v) is 4.21. The van der Waals surface area contributed by atoms with Gasteiger partial charge in [-0.1, -0.05) is 6.92 Å². The Labute approximate surface area is 146 Å². The third-order valence-corrected chi connectivity index (χ3v) is 6.28. The van der Waals surface area contributed by atoms with Crippen molar-refractivity contribution in [1.82, 2.24) is 9.62 Å². The van der Waals surface area contributed by atoms with Crippen LogP contribution in [0, 0.1) is 11.6 Å². The third-order valence-electron chi connectivity index (χ3n) is 4.37. The Morgan fingerprint density at radius 2 is 1.96 bits per heavy atom. The molecule has 0 saturated carbocycles. The molecule has 25 heavy (non-hydrogen) atoms. The lowest BCUT2D eigenvalue weighted by molar-refractivity contribution is -0.895. The van der Waals surface area contributed by atoms with E-state index in [9.17, 15) is 22.0 Å². The molecular formula is C16H24F2N3O3S+. The summed E-state index contributed by atoms with van der Waals surface area (Å²) in [5.41, 5.74) is 0. The predicted molar refractivity (Wildman–Crippen MR) is 88.6 cm³/mol. The maximum Gasteiger partial charge on any atom is 0.275 e. The molecule has 140 valence electrons. The summed E-state index contributed by atoms with van der Waals surface area (Å²) in [6, 6.07) is 2.49. The van der Waals surface area contributed by atoms with Crippen molar-refractivity contribution in [2.75, 3.05) is 32.7 Å². The van der Waals surface area contributed by atoms with E-state index in [4.69, 9.17) is 0 Å². The molecule has 9 heteroatoms. The summed E-state index contributed by atoms with van der Waals surface area (Å²) in [5, 5.41) is 2.87. The standard InChI is InChI=1S/C16H23F2N3O3S/c1-3-12(2)19-16(22)11-20-6-8-21(9-7-20)25(23,24)15-10-13(17)4-5-14(15)18/h4-5,10,12H,3,6-9,11H2,1-2H3,(H,19,22)/p+1/t12-/m0/s1. The molecule has 1 atom stereocenters. The zero-order valence-corrected chi connectivity index (χ0v) is 15.2. The van der Waals surface area contributed by atoms with E-state index in [2.05, 4.69) is 5.32 Å². The van der Waals surface area contributed by atoms with Crippen molar-refractivity contribution in [2.24, 2.45) is 0 Å². The largest absolute Gasteiger partial charge is 0.349 e. The van der Waals surface area contributed by atoms with Gasteiger partial charge in [-0.15, -0.1) is 0 Å². The van der Waals surface area contributed by atoms with Crippen LogP contribution in [0.1, 0.15) is 20.3 Å². The molecule has 0 aliphatic carbocycles. The Balaban J connectivity index is 1.97. The Morgan fingerprint density at radius 3 is 2.56 bits per heavy atom. The van der Waals surface area contributed by atoms with Crippen molar-refractivity contribution in [3.8, 4) is 0 Å². The average Bonchev–Trinajstić information content (AvgIpc) is 2.57. The van der Waals surface area contributed by atoms with Crippen molar-refractivity contribution in [3.63, 3.8) is 0 Å². The minimum absolute atomic E-state index is 0.0724. The second-order valence-corrected chi connectivity index (χ2v) is 8.19. The molecule has 2 N–H and O–H groups in total. The minimum Gasteiger partial charge on any atom is -0.349 e. The zero-order valence-electron chi connectivity index (χ0n) is 14.4. The van der Waals surface area contributed by atoms with Crippen molar-refractivity contribution < 1.29 is 26.9 Å². The fraction of sp³-hybridized carbons (Fsp3) is 0.562. The van der Waals surface area contributed by atoms with Gasteiger partial charge in [-0.3, -0.25) is 4.79 Å². The second-order valence-electron chi connectivity index (χ2n) is 6.28. The number of benzene rings is 1. The Bertz CT molecular complexity index is 719. The van der Waals surface area contributed by atoms with E-state index in [0.717, 1.165) is 27.8 Å². The van der Waals surface area contributed by atoms with Crippen LogP contribution in [0.2, 0.25) is 0 Å². The first-order valence-corrected chi connectivity index (χ1v) is 9.76. The highest BCUT2D eigenvalue weighted by Crippen LogP contribution is 2.20. The van der Waals surface area contributed by atoms with Crippen LogP contribution < -0.4 is 10.2 Å². The number of rotatable bonds is 6. The minimum atomic E-state index is -4.09. The van der Waals surface area contributed by atoms with E-state index in [1.165, 1.54) is 0 Å². The smallest absolute Gasteiger partial charge is 0.275 e. The van der Waals surface area contributed by atoms with Gasteiger partial charge in [-0.2, -0.15) is 4.31 Å². The molecule has 1 saturated heterocycles. The molecule has 1 fully saturated rings. The van der Waals surface area contributed by atoms with Gasteiger partial charge in [-0.25, -0.2) is 17.2 Å². The summed E-state index contributed by atoms with van der Waals surface area (Å²) in [7, 11) is -4.09. The second kappa shape index (κ2) is 8.20. The van der Waals surface area contributed by atoms with E-state index in [-0.39, 0.29) is 31.6 Å². The van der Waals surface area contributed by atoms with Crippen LogP contribution in [0.5, 0.6) is 0 Å². The SMILES string of the molecule is CC[C@H](C)NC(=O)C[NH+]1CCN(S(=O)(=O)c2cc(F)ccc2F)CC1. The number of sulfonamides is 1. The highest BCUT2D eigenvalue weighted by Gasteiger charge is 2.33. The number of nitrogens with one attached hydrogen (secondary N) is 2. The van der Waals surface area contributed by atoms with E-state index in [1.54, 1.807) is 0 Å². The Hall–Kier alpha value is -1.58. The summed E-state index contributed by atoms with van der Waals surface area (Å²) in [6.45, 7) is 5.35. The van der Waals surface area contributed by atoms with Gasteiger partial charge in [0.1, 0.15) is 16.5 Å². The molecule has 6 nitrogen and oxygen atoms in total. The van der Waals surface area contributed by atoms with Crippen molar-refractivity contribution >= 4 is 15.9 Å². The molecule has 1 aliphatic heterocycles. The number of piperazine rings is 1. The van der Waals surface area contributed by atoms with Gasteiger partial charge < -0.3 is 10.2 Å². The molecular weight excluding hydrogens is 352 g/mol. The molecule has 0 unspecified atom stereocenters. The molecule has 1 aromatic rings. The van der Waals surface area contributed by atoms with Gasteiger partial charge >= 0.3 is 0 Å². The maximum absolute atomic E-state index is 13.8. The predicted octanol–water partition coefficient (Wildman–Crippen LogP) is -0.231. The van der Waals surface area contributed by atoms with Crippen LogP contribution in [0.4, 0.5) is 8.78 Å². The number of amides is 1. The number of quaternary nitrogens is 1. The first-order valence-electron chi connectivity index (χ1n) is 8.32. The molecule has 0 bridgehead atoms. The summed E-state index contributed by atoms with van der Waals surface area (Å²) in [6.07, 6.45) is 0.840. The van der Waals surface area contributed by atoms with Gasteiger partial charge in [0.15, 0.2) is 6.54 Å². The lowest BCUT2D eigenvalue weighted by Gasteiger charge is -2.31. The summed E-state index contributed by atoms with van der Waals surface area (Å²) in [5.74, 6) is -1.84. The van der Waals surface area contributed by atoms with Crippen LogP contribution >= 0.6 is 0 Å². The van der Waals surface area contributed by atoms with E-state index in [1.807, 2.05) is 13.8 Å². The lowest BCUT2D eigenvalue weighted by atomic mass is 10.2. The molecule has 0 radical (unpaired) electrons. The van der Waals surface area contributed by atoms with Crippen LogP contribution in [0.15, 0.2) is 23.1 Å². The topological polar surface area (TPSA) is 70.9 Å². The van der Waals surface area contributed by atoms with Gasteiger partial charge in [0.25, 0.3) is 5.91 Å². The Morgan fingerprint density at radius 1 is 1.32 bits per heavy atom. The normalized spacial score (nSPS) is 18.1. The average molecular weight is 376 g/mol. The highest BCUT2D eigenvalue weighted by atomic mass is 32.2. The van der Waals surface area contributed by atoms with Crippen molar-refractivity contribution in [2.45, 2.75) is 31.2 Å². The summed E-state index contributed by atoms with van der Waals surface area (Å²) in [4.78, 5) is 12.2. The number of nitrogens with zero attached hydrogens (tertiary/aromatic N) is 1. The van der Waals surface area contributed by atoms with Gasteiger partial charge in [0, 0.05) is 6.04 Å². The van der Waals surface area contributed by atoms with Gasteiger partial charge in [0.05, 0.1) is 26.2 Å². The summed E-state index contributed by atoms with van der Waals surface area (Å²) >= 11 is 0. The maximum atomic E-state index is 13.8. The van der Waals surface area contributed by atoms with Gasteiger partial charge in [0.2, 0.25) is 10.0 Å². The van der Waals surface area contributed by atoms with Crippen molar-refractivity contribution in [3.05, 3.63) is 29.8 Å². The third kappa shape index (κ3) is 4.96. The van der Waals surface area contributed by atoms with Gasteiger partial charge in [-0.05, 0) is 31.5 Å². The molecule has 1 aliphatic rings. The first-order chi connectivity index (χ1) is 11.7. The first kappa shape index (κ1) is 19.7. The van der Waals surface area contributed by atoms with Crippen LogP contribution in [0.25, 0.3) is 0 Å². The zero-order chi connectivity index (χ0) is 18.6. The number of hydrogen-bond acceptors (Lipinski definition) is 3. The number of hydrogen-bond donors (Lipinski definition) is 2. The molecule has 1 aromatic carbocycles. The molecule has 2 rings (SSSR count). The van der Waals surface area contributed by atoms with Crippen LogP contribution in [0.3, 0.4) is 0 Å². The molecule has 0 spiro atoms. The molecule has 0 aromatic heterocycles. The van der Waals surface area contributed by atoms with Crippen LogP contribution in [-0.2, 0) is 14.8 Å². The number of carbonyl (C=O) groups is 1. The fourth-order valence-electron chi connectivity index (χ4n) is 2.69. The molecule has 1 amide bonds. The van der Waals surface area contributed by atoms with E-state index in [0.29, 0.717) is 19.2 Å². The van der Waals surface area contributed by atoms with Crippen LogP contribution in [-0.4, -0.2) is 57.4 Å². The molecule has 1 heterocycles. The number of carbonyl (C=O) groups excluding carboxylic acids is 1. The van der Waals surface area contributed by atoms with E-state index >= 15 is 0 Å². The number of halogens is 2. The highest BCUT2D eigenvalue weighted by molar-refractivity contribution is 7.89. The quantitative estimate of drug-likeness (QED) is 0.721. The van der Waals surface area contributed by atoms with E-state index < -0.39 is 26.6 Å². The van der Waals surface area contributed by atoms with Crippen molar-refractivity contribution in [1.29, 1.82) is 0 Å². The Kier molecular flexibility index (Phi) is 6.47. The monoisotopic (exact) mass is 376 g/mol. The lowest BCUT2D eigenvalue weighted by Crippen LogP contribution is -3.15. The summed E-state index contributed by atoms with van der Waals surface area (Å²) < 4.78 is 53.2.